The fraction of sp³-hybridized carbons (Fsp3) is 0.364. The fourth-order valence-electron chi connectivity index (χ4n) is 1.41. The minimum absolute atomic E-state index is 0.0359. The van der Waals surface area contributed by atoms with Crippen molar-refractivity contribution in [2.45, 2.75) is 13.3 Å². The van der Waals surface area contributed by atoms with Gasteiger partial charge in [-0.2, -0.15) is 0 Å². The van der Waals surface area contributed by atoms with Gasteiger partial charge < -0.3 is 10.0 Å². The van der Waals surface area contributed by atoms with E-state index in [-0.39, 0.29) is 6.54 Å². The lowest BCUT2D eigenvalue weighted by molar-refractivity contribution is -0.135. The summed E-state index contributed by atoms with van der Waals surface area (Å²) in [7, 11) is 0. The smallest absolute Gasteiger partial charge is 0.323 e. The van der Waals surface area contributed by atoms with Gasteiger partial charge in [0, 0.05) is 12.2 Å². The number of aliphatic carboxylic acids is 1. The van der Waals surface area contributed by atoms with Crippen molar-refractivity contribution in [3.05, 3.63) is 28.2 Å². The summed E-state index contributed by atoms with van der Waals surface area (Å²) in [6.07, 6.45) is 0.869. The van der Waals surface area contributed by atoms with Gasteiger partial charge >= 0.3 is 5.97 Å². The highest BCUT2D eigenvalue weighted by molar-refractivity contribution is 6.42. The average molecular weight is 262 g/mol. The first kappa shape index (κ1) is 13.1. The maximum atomic E-state index is 10.7. The molecular weight excluding hydrogens is 249 g/mol. The molecule has 0 radical (unpaired) electrons. The van der Waals surface area contributed by atoms with Crippen LogP contribution in [-0.4, -0.2) is 24.2 Å². The van der Waals surface area contributed by atoms with Crippen molar-refractivity contribution in [1.82, 2.24) is 0 Å². The number of hydrogen-bond acceptors (Lipinski definition) is 2. The van der Waals surface area contributed by atoms with Gasteiger partial charge in [0.15, 0.2) is 0 Å². The third-order valence-corrected chi connectivity index (χ3v) is 2.83. The van der Waals surface area contributed by atoms with Gasteiger partial charge in [0.2, 0.25) is 0 Å². The maximum Gasteiger partial charge on any atom is 0.323 e. The van der Waals surface area contributed by atoms with Crippen LogP contribution in [0, 0.1) is 0 Å². The second-order valence-corrected chi connectivity index (χ2v) is 4.23. The molecule has 16 heavy (non-hydrogen) atoms. The number of carboxylic acid groups (broad SMARTS) is 1. The van der Waals surface area contributed by atoms with E-state index < -0.39 is 5.97 Å². The number of carbonyl (C=O) groups is 1. The molecular formula is C11H13Cl2NO2. The number of hydrogen-bond donors (Lipinski definition) is 1. The van der Waals surface area contributed by atoms with Crippen LogP contribution in [0.3, 0.4) is 0 Å². The Kier molecular flexibility index (Phi) is 4.90. The zero-order valence-corrected chi connectivity index (χ0v) is 10.4. The quantitative estimate of drug-likeness (QED) is 0.885. The standard InChI is InChI=1S/C11H13Cl2NO2/c1-2-5-14(7-11(15)16)8-3-4-9(12)10(13)6-8/h3-4,6H,2,5,7H2,1H3,(H,15,16). The Bertz CT molecular complexity index is 382. The molecule has 0 unspecified atom stereocenters. The molecule has 0 aliphatic rings. The molecule has 1 rings (SSSR count). The van der Waals surface area contributed by atoms with Crippen molar-refractivity contribution in [3.63, 3.8) is 0 Å². The van der Waals surface area contributed by atoms with Crippen LogP contribution in [0.15, 0.2) is 18.2 Å². The van der Waals surface area contributed by atoms with Crippen LogP contribution in [0.2, 0.25) is 10.0 Å². The van der Waals surface area contributed by atoms with Gasteiger partial charge in [-0.1, -0.05) is 30.1 Å². The molecule has 3 nitrogen and oxygen atoms in total. The molecule has 0 amide bonds. The molecule has 5 heteroatoms. The molecule has 0 atom stereocenters. The molecule has 0 saturated heterocycles. The van der Waals surface area contributed by atoms with Gasteiger partial charge in [-0.25, -0.2) is 0 Å². The first-order chi connectivity index (χ1) is 7.54. The topological polar surface area (TPSA) is 40.5 Å². The Labute approximate surface area is 105 Å². The molecule has 88 valence electrons. The van der Waals surface area contributed by atoms with Gasteiger partial charge in [-0.05, 0) is 24.6 Å². The summed E-state index contributed by atoms with van der Waals surface area (Å²) in [5, 5.41) is 9.70. The Morgan fingerprint density at radius 2 is 2.06 bits per heavy atom. The summed E-state index contributed by atoms with van der Waals surface area (Å²) in [6.45, 7) is 2.63. The van der Waals surface area contributed by atoms with Crippen LogP contribution in [0.5, 0.6) is 0 Å². The van der Waals surface area contributed by atoms with Gasteiger partial charge in [0.25, 0.3) is 0 Å². The number of carboxylic acids is 1. The third kappa shape index (κ3) is 3.58. The van der Waals surface area contributed by atoms with Crippen molar-refractivity contribution in [3.8, 4) is 0 Å². The maximum absolute atomic E-state index is 10.7. The van der Waals surface area contributed by atoms with E-state index in [1.807, 2.05) is 6.92 Å². The van der Waals surface area contributed by atoms with E-state index in [2.05, 4.69) is 0 Å². The van der Waals surface area contributed by atoms with Crippen LogP contribution in [0.1, 0.15) is 13.3 Å². The van der Waals surface area contributed by atoms with Crippen molar-refractivity contribution in [1.29, 1.82) is 0 Å². The Morgan fingerprint density at radius 1 is 1.38 bits per heavy atom. The first-order valence-corrected chi connectivity index (χ1v) is 5.72. The highest BCUT2D eigenvalue weighted by Crippen LogP contribution is 2.27. The number of halogens is 2. The van der Waals surface area contributed by atoms with Gasteiger partial charge in [0.05, 0.1) is 10.0 Å². The Morgan fingerprint density at radius 3 is 2.56 bits per heavy atom. The predicted molar refractivity (Wildman–Crippen MR) is 66.6 cm³/mol. The lowest BCUT2D eigenvalue weighted by Crippen LogP contribution is -2.30. The Balaban J connectivity index is 2.91. The highest BCUT2D eigenvalue weighted by atomic mass is 35.5. The van der Waals surface area contributed by atoms with Gasteiger partial charge in [0.1, 0.15) is 6.54 Å². The number of rotatable bonds is 5. The second-order valence-electron chi connectivity index (χ2n) is 3.41. The largest absolute Gasteiger partial charge is 0.480 e. The number of benzene rings is 1. The summed E-state index contributed by atoms with van der Waals surface area (Å²) in [5.74, 6) is -0.862. The van der Waals surface area contributed by atoms with Crippen molar-refractivity contribution in [2.24, 2.45) is 0 Å². The lowest BCUT2D eigenvalue weighted by Gasteiger charge is -2.22. The van der Waals surface area contributed by atoms with E-state index in [4.69, 9.17) is 28.3 Å². The molecule has 0 bridgehead atoms. The highest BCUT2D eigenvalue weighted by Gasteiger charge is 2.10. The molecule has 0 heterocycles. The minimum Gasteiger partial charge on any atom is -0.480 e. The molecule has 0 fully saturated rings. The van der Waals surface area contributed by atoms with E-state index >= 15 is 0 Å². The third-order valence-electron chi connectivity index (χ3n) is 2.09. The monoisotopic (exact) mass is 261 g/mol. The van der Waals surface area contributed by atoms with E-state index in [1.54, 1.807) is 23.1 Å². The van der Waals surface area contributed by atoms with Crippen LogP contribution >= 0.6 is 23.2 Å². The molecule has 0 saturated carbocycles. The van der Waals surface area contributed by atoms with Crippen LogP contribution in [0.4, 0.5) is 5.69 Å². The van der Waals surface area contributed by atoms with Gasteiger partial charge in [-0.3, -0.25) is 4.79 Å². The SMILES string of the molecule is CCCN(CC(=O)O)c1ccc(Cl)c(Cl)c1. The molecule has 1 N–H and O–H groups in total. The number of nitrogens with zero attached hydrogens (tertiary/aromatic N) is 1. The van der Waals surface area contributed by atoms with Gasteiger partial charge in [-0.15, -0.1) is 0 Å². The first-order valence-electron chi connectivity index (χ1n) is 4.96. The summed E-state index contributed by atoms with van der Waals surface area (Å²) in [4.78, 5) is 12.5. The summed E-state index contributed by atoms with van der Waals surface area (Å²) >= 11 is 11.7. The zero-order chi connectivity index (χ0) is 12.1. The molecule has 0 aromatic heterocycles. The molecule has 1 aromatic carbocycles. The average Bonchev–Trinajstić information content (AvgIpc) is 2.21. The second kappa shape index (κ2) is 5.97. The van der Waals surface area contributed by atoms with E-state index in [1.165, 1.54) is 0 Å². The lowest BCUT2D eigenvalue weighted by atomic mass is 10.2. The molecule has 0 spiro atoms. The van der Waals surface area contributed by atoms with Crippen LogP contribution < -0.4 is 4.90 Å². The van der Waals surface area contributed by atoms with Crippen molar-refractivity contribution >= 4 is 34.9 Å². The van der Waals surface area contributed by atoms with E-state index in [0.29, 0.717) is 16.6 Å². The number of anilines is 1. The minimum atomic E-state index is -0.862. The van der Waals surface area contributed by atoms with Crippen LogP contribution in [0.25, 0.3) is 0 Å². The Hall–Kier alpha value is -0.930. The van der Waals surface area contributed by atoms with E-state index in [0.717, 1.165) is 12.1 Å². The zero-order valence-electron chi connectivity index (χ0n) is 8.91. The fourth-order valence-corrected chi connectivity index (χ4v) is 1.71. The predicted octanol–water partition coefficient (Wildman–Crippen LogP) is 3.29. The van der Waals surface area contributed by atoms with Crippen molar-refractivity contribution < 1.29 is 9.90 Å². The molecule has 1 aromatic rings. The summed E-state index contributed by atoms with van der Waals surface area (Å²) < 4.78 is 0. The van der Waals surface area contributed by atoms with Crippen molar-refractivity contribution in [2.75, 3.05) is 18.0 Å². The molecule has 0 aliphatic heterocycles. The van der Waals surface area contributed by atoms with Crippen LogP contribution in [-0.2, 0) is 4.79 Å². The summed E-state index contributed by atoms with van der Waals surface area (Å²) in [6, 6.07) is 5.12. The van der Waals surface area contributed by atoms with E-state index in [9.17, 15) is 4.79 Å². The molecule has 0 aliphatic carbocycles. The normalized spacial score (nSPS) is 10.2. The summed E-state index contributed by atoms with van der Waals surface area (Å²) in [5.41, 5.74) is 0.777.